The molecule has 3 aromatic rings. The van der Waals surface area contributed by atoms with Crippen molar-refractivity contribution < 1.29 is 134 Å². The lowest BCUT2D eigenvalue weighted by molar-refractivity contribution is -0.192. The number of carbonyl (C=O) groups is 5. The number of rotatable bonds is 53. The summed E-state index contributed by atoms with van der Waals surface area (Å²) in [4.78, 5) is 112. The topological polar surface area (TPSA) is 798 Å². The number of nitrogens with zero attached hydrogens (tertiary/aromatic N) is 13. The average Bonchev–Trinajstić information content (AvgIpc) is 1.72. The lowest BCUT2D eigenvalue weighted by Crippen LogP contribution is -2.46. The Kier molecular flexibility index (Phi) is 45.7. The molecule has 14 unspecified atom stereocenters. The number of aliphatic hydroxyl groups is 15. The Bertz CT molecular complexity index is 4650. The molecule has 2 amide bonds. The van der Waals surface area contributed by atoms with Gasteiger partial charge in [0.2, 0.25) is 82.6 Å². The molecule has 30 N–H and O–H groups in total. The van der Waals surface area contributed by atoms with Gasteiger partial charge in [-0.15, -0.1) is 0 Å². The lowest BCUT2D eigenvalue weighted by Gasteiger charge is -2.27. The van der Waals surface area contributed by atoms with Crippen LogP contribution in [0.1, 0.15) is 147 Å². The number of nitrogens with one attached hydrogen (secondary N) is 5. The fourth-order valence-electron chi connectivity index (χ4n) is 13.3. The zero-order chi connectivity index (χ0) is 98.1. The zero-order valence-corrected chi connectivity index (χ0v) is 72.5. The molecule has 131 heavy (non-hydrogen) atoms. The van der Waals surface area contributed by atoms with Crippen LogP contribution in [0.3, 0.4) is 0 Å². The van der Waals surface area contributed by atoms with Crippen molar-refractivity contribution in [3.63, 3.8) is 0 Å². The maximum atomic E-state index is 14.8. The Balaban J connectivity index is 0.00000491. The first-order chi connectivity index (χ1) is 61.6. The fraction of sp³-hybridized carbons (Fsp3) is 0.542. The summed E-state index contributed by atoms with van der Waals surface area (Å²) in [6.07, 6.45) is -9.49. The molecular weight excluding hydrogens is 1730 g/mol. The van der Waals surface area contributed by atoms with E-state index >= 15 is 0 Å². The van der Waals surface area contributed by atoms with Crippen molar-refractivity contribution >= 4 is 118 Å². The number of alkyl halides is 3. The summed E-state index contributed by atoms with van der Waals surface area (Å²) in [6.45, 7) is 6.24. The van der Waals surface area contributed by atoms with Gasteiger partial charge in [0.05, 0.1) is 25.9 Å². The molecule has 0 spiro atoms. The van der Waals surface area contributed by atoms with Crippen LogP contribution < -0.4 is 22.5 Å². The lowest BCUT2D eigenvalue weighted by atomic mass is 10.0. The quantitative estimate of drug-likeness (QED) is 0.0152. The summed E-state index contributed by atoms with van der Waals surface area (Å²) in [5.41, 5.74) is 18.8. The van der Waals surface area contributed by atoms with Gasteiger partial charge in [-0.05, 0) is 124 Å². The van der Waals surface area contributed by atoms with Crippen LogP contribution in [0.5, 0.6) is 5.75 Å². The molecule has 0 aromatic heterocycles. The van der Waals surface area contributed by atoms with Crippen molar-refractivity contribution in [3.05, 3.63) is 102 Å². The standard InChI is InChI=1S/C81H119N21O22.C2HF3O2/c1-43(2)34-54(95-72(116)55(35-44(3)4)96-74(118)56(94-68(112)49(83)42-103)37-46-18-9-6-10-19-46)71(115)91-51(21-13-31-89-81(87)88)70(114)100-60(40-64(85)106)80(124)102-33-15-23-62(102)78(122)99-58(39-63(84)105)75(119)98-59(41-66(109)110)76(120)90-50(20-11-12-30-82)69(113)97-57(38-47-24-26-48(104)27-25-47)73(117)92-52(28-29-65(107)108)79(123)101-32-14-22-61(101)77(121)93-53(67(86)111)36-45-16-7-5-8-17-45;3-2(4,5)1(6)7/h5-10,16-19,24-27,43-44,49-62,103-104H,11-15,20-23,28-42,82-83H2,1-4H3,(H2,84,105)(H2,85,106)(H2,86,111)(H,90,120)(H,91,115)(H,92,117)(H,93,121)(H,94,112)(H,95,116)(H,96,118)(H,97,113)(H,98,119)(H,99,122)(H,100,114)(H,107,108)(H,109,110)(H4,87,88,89);(H,6,7). The summed E-state index contributed by atoms with van der Waals surface area (Å²) in [5.74, 6) is -22.0. The highest BCUT2D eigenvalue weighted by molar-refractivity contribution is 5.99. The first kappa shape index (κ1) is 110. The van der Waals surface area contributed by atoms with Gasteiger partial charge in [-0.3, -0.25) is 40.8 Å². The van der Waals surface area contributed by atoms with Crippen LogP contribution in [0, 0.1) is 33.5 Å². The summed E-state index contributed by atoms with van der Waals surface area (Å²) in [6, 6.07) is 0.616. The number of hydrogen-bond acceptors (Lipinski definition) is 24. The van der Waals surface area contributed by atoms with Crippen LogP contribution in [0.15, 0.2) is 140 Å². The third-order valence-electron chi connectivity index (χ3n) is 19.9. The molecule has 2 heterocycles. The second-order valence-corrected chi connectivity index (χ2v) is 31.5. The Hall–Kier alpha value is -13.7. The molecule has 0 saturated carbocycles. The third kappa shape index (κ3) is 39.1. The molecule has 0 bridgehead atoms. The molecule has 14 atom stereocenters. The van der Waals surface area contributed by atoms with Crippen molar-refractivity contribution in [2.75, 3.05) is 32.8 Å². The maximum absolute atomic E-state index is 14.8. The molecule has 5 rings (SSSR count). The second-order valence-electron chi connectivity index (χ2n) is 31.5. The van der Waals surface area contributed by atoms with Crippen LogP contribution in [-0.2, 0) is 43.2 Å². The summed E-state index contributed by atoms with van der Waals surface area (Å²) in [7, 11) is 0. The van der Waals surface area contributed by atoms with Crippen molar-refractivity contribution in [1.29, 1.82) is 21.6 Å². The van der Waals surface area contributed by atoms with E-state index in [1.54, 1.807) is 88.4 Å². The third-order valence-corrected chi connectivity index (χ3v) is 19.9. The minimum absolute atomic E-state index is 0.00613. The molecule has 2 fully saturated rings. The monoisotopic (exact) mass is 1850 g/mol. The van der Waals surface area contributed by atoms with Crippen molar-refractivity contribution in [2.45, 2.75) is 240 Å². The van der Waals surface area contributed by atoms with Gasteiger partial charge in [0, 0.05) is 45.3 Å². The highest BCUT2D eigenvalue weighted by Crippen LogP contribution is 2.28. The van der Waals surface area contributed by atoms with Gasteiger partial charge in [0.15, 0.2) is 17.8 Å². The van der Waals surface area contributed by atoms with Crippen molar-refractivity contribution in [1.82, 2.24) is 15.1 Å². The van der Waals surface area contributed by atoms with E-state index in [4.69, 9.17) is 48.7 Å². The number of phenols is 1. The number of carboxylic acid groups (broad SMARTS) is 3. The second kappa shape index (κ2) is 54.6. The normalized spacial score (nSPS) is 18.4. The van der Waals surface area contributed by atoms with Crippen LogP contribution in [-0.4, -0.2) is 349 Å². The molecule has 0 aliphatic carbocycles. The van der Waals surface area contributed by atoms with Crippen LogP contribution in [0.25, 0.3) is 0 Å². The number of halogens is 3. The predicted molar refractivity (Wildman–Crippen MR) is 483 cm³/mol. The molecule has 0 radical (unpaired) electrons. The van der Waals surface area contributed by atoms with Gasteiger partial charge in [0.1, 0.15) is 90.3 Å². The Morgan fingerprint density at radius 3 is 1.22 bits per heavy atom. The first-order valence-electron chi connectivity index (χ1n) is 41.7. The maximum Gasteiger partial charge on any atom is 0.490 e. The number of hydrogen-bond donors (Lipinski definition) is 27. The van der Waals surface area contributed by atoms with Gasteiger partial charge in [-0.25, -0.2) is 59.7 Å². The van der Waals surface area contributed by atoms with E-state index in [9.17, 15) is 124 Å². The number of phenolic OH excluding ortho intramolecular Hbond substituents is 1. The Labute approximate surface area is 750 Å². The first-order valence-corrected chi connectivity index (χ1v) is 41.7. The fourth-order valence-corrected chi connectivity index (χ4v) is 13.3. The van der Waals surface area contributed by atoms with E-state index in [-0.39, 0.29) is 127 Å². The molecule has 48 heteroatoms. The number of unbranched alkanes of at least 4 members (excludes halogenated alkanes) is 1. The number of aromatic hydroxyl groups is 1. The number of nitrogens with two attached hydrogens (primary N) is 3. The highest BCUT2D eigenvalue weighted by atomic mass is 19.4. The summed E-state index contributed by atoms with van der Waals surface area (Å²) in [5, 5.41) is 241. The van der Waals surface area contributed by atoms with Crippen LogP contribution in [0.2, 0.25) is 0 Å². The SMILES string of the molecule is CC(C)CC(N=C(O)C(Cc1ccccc1)N=C(O)C(N)CO)C(O)=NC(CC(C)C)C(O)=NC(CCCNC(=N)N)C(O)=NC(CC(=N)O)C(=O)N1CCCC1C(O)=NC(CC(=N)O)C(O)=NC(CC(=O)O)C(O)=NC(CCCCN)C(O)=NC(Cc1ccc(O)cc1)C(O)=NC(CCC(=O)O)C(=O)N1CCCC1C(O)=NC(Cc1ccccc1)C(=N)O.O=C(O)C(F)(F)F. The van der Waals surface area contributed by atoms with E-state index in [1.165, 1.54) is 24.3 Å². The van der Waals surface area contributed by atoms with E-state index in [1.807, 2.05) is 0 Å². The number of likely N-dealkylation sites (tertiary alicyclic amines) is 2. The van der Waals surface area contributed by atoms with Crippen molar-refractivity contribution in [2.24, 2.45) is 84.0 Å². The minimum Gasteiger partial charge on any atom is -0.508 e. The van der Waals surface area contributed by atoms with Crippen LogP contribution >= 0.6 is 0 Å². The molecule has 722 valence electrons. The Morgan fingerprint density at radius 2 is 0.809 bits per heavy atom. The largest absolute Gasteiger partial charge is 0.508 e. The number of amides is 2. The van der Waals surface area contributed by atoms with E-state index in [0.29, 0.717) is 23.1 Å². The van der Waals surface area contributed by atoms with Gasteiger partial charge in [-0.2, -0.15) is 13.2 Å². The summed E-state index contributed by atoms with van der Waals surface area (Å²) < 4.78 is 31.7. The van der Waals surface area contributed by atoms with Gasteiger partial charge in [-0.1, -0.05) is 100 Å². The van der Waals surface area contributed by atoms with Gasteiger partial charge >= 0.3 is 24.1 Å². The predicted octanol–water partition coefficient (Wildman–Crippen LogP) is 7.14. The van der Waals surface area contributed by atoms with Gasteiger partial charge in [0.25, 0.3) is 0 Å². The number of carboxylic acids is 3. The van der Waals surface area contributed by atoms with Crippen LogP contribution in [0.4, 0.5) is 13.2 Å². The molecule has 2 aliphatic heterocycles. The highest BCUT2D eigenvalue weighted by Gasteiger charge is 2.42. The van der Waals surface area contributed by atoms with Crippen molar-refractivity contribution in [3.8, 4) is 5.75 Å². The number of aliphatic carboxylic acids is 3. The number of benzene rings is 3. The minimum atomic E-state index is -5.08. The molecule has 2 saturated heterocycles. The molecular formula is C83H120F3N21O24. The number of aliphatic hydroxyl groups excluding tert-OH is 15. The number of guanidine groups is 1. The zero-order valence-electron chi connectivity index (χ0n) is 72.5. The molecule has 3 aromatic carbocycles. The molecule has 2 aliphatic rings. The average molecular weight is 1850 g/mol. The summed E-state index contributed by atoms with van der Waals surface area (Å²) >= 11 is 0. The molecule has 45 nitrogen and oxygen atoms in total. The number of carbonyl (C=O) groups excluding carboxylic acids is 2. The van der Waals surface area contributed by atoms with E-state index in [2.05, 4.69) is 60.2 Å². The smallest absolute Gasteiger partial charge is 0.490 e. The van der Waals surface area contributed by atoms with E-state index < -0.39 is 248 Å². The van der Waals surface area contributed by atoms with E-state index in [0.717, 1.165) is 9.80 Å². The van der Waals surface area contributed by atoms with Gasteiger partial charge < -0.3 is 129 Å². The Morgan fingerprint density at radius 1 is 0.450 bits per heavy atom. The number of aliphatic imine (C=N–C) groups is 11.